The molecular weight excluding hydrogens is 214 g/mol. The molecule has 7 heteroatoms. The van der Waals surface area contributed by atoms with Crippen molar-refractivity contribution in [3.8, 4) is 0 Å². The SMILES string of the molecule is [CH2]S(=O)(=O)CC1CN(S(C)(=O)=O)C1. The maximum atomic E-state index is 10.9. The third-order valence-corrected chi connectivity index (χ3v) is 4.10. The molecule has 13 heavy (non-hydrogen) atoms. The van der Waals surface area contributed by atoms with E-state index < -0.39 is 19.9 Å². The first-order valence-corrected chi connectivity index (χ1v) is 7.36. The Morgan fingerprint density at radius 1 is 1.31 bits per heavy atom. The highest BCUT2D eigenvalue weighted by molar-refractivity contribution is 7.92. The molecule has 77 valence electrons. The van der Waals surface area contributed by atoms with Gasteiger partial charge in [-0.15, -0.1) is 0 Å². The molecule has 0 saturated carbocycles. The summed E-state index contributed by atoms with van der Waals surface area (Å²) >= 11 is 0. The van der Waals surface area contributed by atoms with Gasteiger partial charge in [0.05, 0.1) is 18.3 Å². The van der Waals surface area contributed by atoms with E-state index in [9.17, 15) is 16.8 Å². The average molecular weight is 226 g/mol. The number of sulfonamides is 1. The summed E-state index contributed by atoms with van der Waals surface area (Å²) in [6, 6.07) is 0. The van der Waals surface area contributed by atoms with Gasteiger partial charge in [-0.1, -0.05) is 0 Å². The van der Waals surface area contributed by atoms with Crippen molar-refractivity contribution in [3.63, 3.8) is 0 Å². The molecule has 0 bridgehead atoms. The lowest BCUT2D eigenvalue weighted by Crippen LogP contribution is -2.51. The smallest absolute Gasteiger partial charge is 0.211 e. The van der Waals surface area contributed by atoms with Crippen LogP contribution in [0.5, 0.6) is 0 Å². The predicted octanol–water partition coefficient (Wildman–Crippen LogP) is -0.916. The number of rotatable bonds is 3. The van der Waals surface area contributed by atoms with Crippen LogP contribution in [-0.4, -0.2) is 46.2 Å². The lowest BCUT2D eigenvalue weighted by molar-refractivity contribution is 0.222. The van der Waals surface area contributed by atoms with Gasteiger partial charge in [-0.25, -0.2) is 21.1 Å². The molecule has 0 atom stereocenters. The van der Waals surface area contributed by atoms with Gasteiger partial charge in [0, 0.05) is 19.0 Å². The van der Waals surface area contributed by atoms with E-state index in [1.54, 1.807) is 0 Å². The predicted molar refractivity (Wildman–Crippen MR) is 49.1 cm³/mol. The molecule has 1 radical (unpaired) electrons. The van der Waals surface area contributed by atoms with Gasteiger partial charge in [0.15, 0.2) is 9.84 Å². The summed E-state index contributed by atoms with van der Waals surface area (Å²) in [6.07, 6.45) is 4.10. The van der Waals surface area contributed by atoms with Crippen molar-refractivity contribution in [2.75, 3.05) is 25.1 Å². The zero-order valence-corrected chi connectivity index (χ0v) is 8.94. The molecule has 1 aliphatic heterocycles. The fourth-order valence-corrected chi connectivity index (χ4v) is 3.15. The third kappa shape index (κ3) is 3.24. The Morgan fingerprint density at radius 2 is 1.77 bits per heavy atom. The fraction of sp³-hybridized carbons (Fsp3) is 0.833. The van der Waals surface area contributed by atoms with Crippen LogP contribution < -0.4 is 0 Å². The number of nitrogens with zero attached hydrogens (tertiary/aromatic N) is 1. The van der Waals surface area contributed by atoms with Gasteiger partial charge in [0.2, 0.25) is 10.0 Å². The van der Waals surface area contributed by atoms with Crippen LogP contribution in [0, 0.1) is 12.2 Å². The van der Waals surface area contributed by atoms with E-state index in [0.29, 0.717) is 13.1 Å². The van der Waals surface area contributed by atoms with Crippen LogP contribution in [0.4, 0.5) is 0 Å². The summed E-state index contributed by atoms with van der Waals surface area (Å²) in [7, 11) is -6.36. The average Bonchev–Trinajstić information content (AvgIpc) is 1.71. The summed E-state index contributed by atoms with van der Waals surface area (Å²) in [6.45, 7) is 0.598. The van der Waals surface area contributed by atoms with Crippen LogP contribution in [0.25, 0.3) is 0 Å². The highest BCUT2D eigenvalue weighted by atomic mass is 32.2. The molecule has 1 aliphatic rings. The van der Waals surface area contributed by atoms with Crippen molar-refractivity contribution in [1.82, 2.24) is 4.31 Å². The molecule has 0 aromatic rings. The second kappa shape index (κ2) is 3.21. The van der Waals surface area contributed by atoms with Crippen molar-refractivity contribution in [3.05, 3.63) is 6.26 Å². The number of hydrogen-bond donors (Lipinski definition) is 0. The van der Waals surface area contributed by atoms with E-state index in [2.05, 4.69) is 6.26 Å². The Labute approximate surface area is 78.7 Å². The van der Waals surface area contributed by atoms with Crippen molar-refractivity contribution >= 4 is 19.9 Å². The van der Waals surface area contributed by atoms with E-state index in [-0.39, 0.29) is 11.7 Å². The first-order valence-electron chi connectivity index (χ1n) is 3.69. The Morgan fingerprint density at radius 3 is 2.08 bits per heavy atom. The lowest BCUT2D eigenvalue weighted by atomic mass is 10.1. The second-order valence-electron chi connectivity index (χ2n) is 3.36. The number of hydrogen-bond acceptors (Lipinski definition) is 4. The summed E-state index contributed by atoms with van der Waals surface area (Å²) in [5.74, 6) is -0.115. The first-order chi connectivity index (χ1) is 5.68. The molecule has 0 spiro atoms. The van der Waals surface area contributed by atoms with Crippen molar-refractivity contribution in [2.24, 2.45) is 5.92 Å². The molecule has 1 saturated heterocycles. The maximum absolute atomic E-state index is 10.9. The normalized spacial score (nSPS) is 21.4. The molecule has 1 rings (SSSR count). The molecule has 0 amide bonds. The Hall–Kier alpha value is -0.140. The van der Waals surface area contributed by atoms with Gasteiger partial charge in [-0.2, -0.15) is 0 Å². The molecule has 0 aliphatic carbocycles. The molecule has 0 N–H and O–H groups in total. The minimum atomic E-state index is -3.22. The summed E-state index contributed by atoms with van der Waals surface area (Å²) in [5.41, 5.74) is 0. The van der Waals surface area contributed by atoms with Crippen LogP contribution in [-0.2, 0) is 19.9 Å². The minimum Gasteiger partial charge on any atom is -0.229 e. The van der Waals surface area contributed by atoms with Crippen LogP contribution in [0.15, 0.2) is 0 Å². The number of sulfone groups is 1. The van der Waals surface area contributed by atoms with Crippen molar-refractivity contribution in [2.45, 2.75) is 0 Å². The lowest BCUT2D eigenvalue weighted by Gasteiger charge is -2.36. The highest BCUT2D eigenvalue weighted by Gasteiger charge is 2.34. The molecule has 1 fully saturated rings. The topological polar surface area (TPSA) is 71.5 Å². The largest absolute Gasteiger partial charge is 0.229 e. The monoisotopic (exact) mass is 226 g/mol. The first kappa shape index (κ1) is 10.9. The second-order valence-corrected chi connectivity index (χ2v) is 7.16. The van der Waals surface area contributed by atoms with Crippen molar-refractivity contribution < 1.29 is 16.8 Å². The summed E-state index contributed by atoms with van der Waals surface area (Å²) in [4.78, 5) is 0. The summed E-state index contributed by atoms with van der Waals surface area (Å²) in [5, 5.41) is 0. The van der Waals surface area contributed by atoms with E-state index in [4.69, 9.17) is 0 Å². The molecular formula is C6H12NO4S2. The van der Waals surface area contributed by atoms with E-state index in [1.807, 2.05) is 0 Å². The molecule has 0 aromatic carbocycles. The quantitative estimate of drug-likeness (QED) is 0.624. The zero-order chi connectivity index (χ0) is 10.3. The zero-order valence-electron chi connectivity index (χ0n) is 7.30. The van der Waals surface area contributed by atoms with Gasteiger partial charge in [0.25, 0.3) is 0 Å². The van der Waals surface area contributed by atoms with Crippen LogP contribution in [0.2, 0.25) is 0 Å². The third-order valence-electron chi connectivity index (χ3n) is 1.88. The van der Waals surface area contributed by atoms with E-state index in [0.717, 1.165) is 6.26 Å². The van der Waals surface area contributed by atoms with Gasteiger partial charge in [0.1, 0.15) is 0 Å². The van der Waals surface area contributed by atoms with Gasteiger partial charge < -0.3 is 0 Å². The Kier molecular flexibility index (Phi) is 2.70. The molecule has 5 nitrogen and oxygen atoms in total. The Bertz CT molecular complexity index is 377. The minimum absolute atomic E-state index is 0.0287. The Balaban J connectivity index is 2.44. The molecule has 1 heterocycles. The van der Waals surface area contributed by atoms with Gasteiger partial charge in [-0.3, -0.25) is 0 Å². The van der Waals surface area contributed by atoms with Gasteiger partial charge >= 0.3 is 0 Å². The molecule has 0 unspecified atom stereocenters. The molecule has 0 aromatic heterocycles. The van der Waals surface area contributed by atoms with E-state index in [1.165, 1.54) is 4.31 Å². The maximum Gasteiger partial charge on any atom is 0.211 e. The van der Waals surface area contributed by atoms with Crippen molar-refractivity contribution in [1.29, 1.82) is 0 Å². The van der Waals surface area contributed by atoms with Gasteiger partial charge in [-0.05, 0) is 0 Å². The van der Waals surface area contributed by atoms with E-state index >= 15 is 0 Å². The summed E-state index contributed by atoms with van der Waals surface area (Å²) < 4.78 is 44.4. The van der Waals surface area contributed by atoms with Crippen LogP contribution >= 0.6 is 0 Å². The fourth-order valence-electron chi connectivity index (χ4n) is 1.26. The highest BCUT2D eigenvalue weighted by Crippen LogP contribution is 2.19. The standard InChI is InChI=1S/C6H12NO4S2/c1-12(8,9)5-6-3-7(4-6)13(2,10)11/h6H,1,3-5H2,2H3. The van der Waals surface area contributed by atoms with Crippen LogP contribution in [0.1, 0.15) is 0 Å². The van der Waals surface area contributed by atoms with Crippen LogP contribution in [0.3, 0.4) is 0 Å².